The second kappa shape index (κ2) is 4.56. The van der Waals surface area contributed by atoms with Crippen molar-refractivity contribution in [2.75, 3.05) is 0 Å². The first kappa shape index (κ1) is 14.7. The summed E-state index contributed by atoms with van der Waals surface area (Å²) in [5.41, 5.74) is 2.48. The Balaban J connectivity index is 1.71. The van der Waals surface area contributed by atoms with E-state index in [-0.39, 0.29) is 16.9 Å². The smallest absolute Gasteiger partial charge is 0.164 e. The largest absolute Gasteiger partial charge is 0.393 e. The van der Waals surface area contributed by atoms with Crippen LogP contribution in [0.2, 0.25) is 0 Å². The van der Waals surface area contributed by atoms with Gasteiger partial charge in [-0.25, -0.2) is 0 Å². The van der Waals surface area contributed by atoms with Crippen LogP contribution in [0.25, 0.3) is 0 Å². The molecular weight excluding hydrogens is 272 g/mol. The minimum atomic E-state index is -0.145. The molecule has 120 valence electrons. The van der Waals surface area contributed by atoms with E-state index in [0.29, 0.717) is 23.5 Å². The number of hydrogen-bond donors (Lipinski definition) is 1. The number of carbonyl (C=O) groups excluding carboxylic acids is 1. The van der Waals surface area contributed by atoms with Crippen LogP contribution < -0.4 is 0 Å². The summed E-state index contributed by atoms with van der Waals surface area (Å²) in [5, 5.41) is 10.0. The average Bonchev–Trinajstić information content (AvgIpc) is 2.72. The summed E-state index contributed by atoms with van der Waals surface area (Å²) in [6, 6.07) is 0. The van der Waals surface area contributed by atoms with Crippen molar-refractivity contribution in [3.63, 3.8) is 0 Å². The Bertz CT molecular complexity index is 574. The topological polar surface area (TPSA) is 37.3 Å². The van der Waals surface area contributed by atoms with Crippen molar-refractivity contribution in [1.82, 2.24) is 0 Å². The number of fused-ring (bicyclic) bond motifs is 5. The van der Waals surface area contributed by atoms with E-state index in [1.165, 1.54) is 12.0 Å². The maximum Gasteiger partial charge on any atom is 0.164 e. The Hall–Kier alpha value is -0.890. The van der Waals surface area contributed by atoms with Crippen LogP contribution >= 0.6 is 0 Å². The first-order valence-electron chi connectivity index (χ1n) is 8.96. The second-order valence-corrected chi connectivity index (χ2v) is 8.75. The van der Waals surface area contributed by atoms with E-state index in [9.17, 15) is 9.90 Å². The standard InChI is InChI=1S/C20H28O2/c1-12-10-17-15-5-4-13-11-14(21)6-8-19(13,2)16(15)7-9-20(17,3)18(12)22/h4,14-17,21H,1,5-11H2,2-3H3/t14-,15-,16-,17-,19+,20+/m1/s1. The van der Waals surface area contributed by atoms with Crippen molar-refractivity contribution in [2.24, 2.45) is 28.6 Å². The summed E-state index contributed by atoms with van der Waals surface area (Å²) in [4.78, 5) is 12.6. The zero-order valence-corrected chi connectivity index (χ0v) is 13.9. The van der Waals surface area contributed by atoms with Gasteiger partial charge in [0, 0.05) is 5.41 Å². The Labute approximate surface area is 133 Å². The van der Waals surface area contributed by atoms with Gasteiger partial charge in [0.05, 0.1) is 6.10 Å². The van der Waals surface area contributed by atoms with Gasteiger partial charge < -0.3 is 5.11 Å². The molecule has 0 heterocycles. The third-order valence-electron chi connectivity index (χ3n) is 7.77. The molecule has 3 saturated carbocycles. The number of Topliss-reactive ketones (excluding diaryl/α,β-unsaturated/α-hetero) is 1. The first-order valence-corrected chi connectivity index (χ1v) is 8.96. The number of carbonyl (C=O) groups is 1. The van der Waals surface area contributed by atoms with E-state index < -0.39 is 0 Å². The van der Waals surface area contributed by atoms with Gasteiger partial charge in [-0.3, -0.25) is 4.79 Å². The summed E-state index contributed by atoms with van der Waals surface area (Å²) in [5.74, 6) is 2.16. The van der Waals surface area contributed by atoms with Crippen molar-refractivity contribution in [2.45, 2.75) is 64.9 Å². The minimum absolute atomic E-state index is 0.141. The van der Waals surface area contributed by atoms with Gasteiger partial charge in [-0.2, -0.15) is 0 Å². The quantitative estimate of drug-likeness (QED) is 0.541. The molecule has 0 aromatic heterocycles. The molecule has 0 aromatic rings. The lowest BCUT2D eigenvalue weighted by molar-refractivity contribution is -0.130. The van der Waals surface area contributed by atoms with Gasteiger partial charge in [0.25, 0.3) is 0 Å². The van der Waals surface area contributed by atoms with Gasteiger partial charge in [-0.1, -0.05) is 32.1 Å². The van der Waals surface area contributed by atoms with Gasteiger partial charge in [-0.05, 0) is 73.7 Å². The molecule has 0 radical (unpaired) electrons. The molecule has 0 amide bonds. The van der Waals surface area contributed by atoms with Crippen molar-refractivity contribution < 1.29 is 9.90 Å². The zero-order valence-electron chi connectivity index (χ0n) is 13.9. The molecule has 0 bridgehead atoms. The molecule has 0 saturated heterocycles. The second-order valence-electron chi connectivity index (χ2n) is 8.75. The molecule has 4 aliphatic carbocycles. The van der Waals surface area contributed by atoms with Crippen LogP contribution in [0, 0.1) is 28.6 Å². The fourth-order valence-corrected chi connectivity index (χ4v) is 6.38. The van der Waals surface area contributed by atoms with Crippen LogP contribution in [0.5, 0.6) is 0 Å². The summed E-state index contributed by atoms with van der Waals surface area (Å²) in [7, 11) is 0. The molecule has 4 aliphatic rings. The predicted molar refractivity (Wildman–Crippen MR) is 87.2 cm³/mol. The molecule has 0 spiro atoms. The van der Waals surface area contributed by atoms with E-state index in [2.05, 4.69) is 26.5 Å². The molecule has 1 N–H and O–H groups in total. The maximum absolute atomic E-state index is 12.6. The molecule has 0 aromatic carbocycles. The molecule has 2 heteroatoms. The Morgan fingerprint density at radius 1 is 1.14 bits per heavy atom. The van der Waals surface area contributed by atoms with Crippen LogP contribution in [-0.2, 0) is 4.79 Å². The molecule has 3 fully saturated rings. The molecule has 2 nitrogen and oxygen atoms in total. The van der Waals surface area contributed by atoms with Crippen molar-refractivity contribution in [3.05, 3.63) is 23.8 Å². The van der Waals surface area contributed by atoms with Gasteiger partial charge in [-0.15, -0.1) is 0 Å². The number of ketones is 1. The highest BCUT2D eigenvalue weighted by Gasteiger charge is 2.59. The van der Waals surface area contributed by atoms with Gasteiger partial charge in [0.15, 0.2) is 5.78 Å². The minimum Gasteiger partial charge on any atom is -0.393 e. The van der Waals surface area contributed by atoms with E-state index in [0.717, 1.165) is 44.1 Å². The number of aliphatic hydroxyl groups excluding tert-OH is 1. The van der Waals surface area contributed by atoms with Crippen LogP contribution in [0.4, 0.5) is 0 Å². The molecule has 0 unspecified atom stereocenters. The summed E-state index contributed by atoms with van der Waals surface area (Å²) in [6.45, 7) is 8.67. The highest BCUT2D eigenvalue weighted by atomic mass is 16.3. The fourth-order valence-electron chi connectivity index (χ4n) is 6.38. The summed E-state index contributed by atoms with van der Waals surface area (Å²) >= 11 is 0. The van der Waals surface area contributed by atoms with E-state index in [1.54, 1.807) is 0 Å². The zero-order chi connectivity index (χ0) is 15.7. The van der Waals surface area contributed by atoms with Gasteiger partial charge in [0.1, 0.15) is 0 Å². The average molecular weight is 300 g/mol. The molecule has 4 rings (SSSR count). The lowest BCUT2D eigenvalue weighted by atomic mass is 9.48. The Morgan fingerprint density at radius 3 is 2.64 bits per heavy atom. The highest BCUT2D eigenvalue weighted by molar-refractivity contribution is 6.02. The van der Waals surface area contributed by atoms with E-state index >= 15 is 0 Å². The maximum atomic E-state index is 12.6. The Kier molecular flexibility index (Phi) is 3.05. The normalized spacial score (nSPS) is 51.0. The SMILES string of the molecule is C=C1C[C@@H]2[C@@H]3CC=C4C[C@H](O)CC[C@]4(C)[C@@H]3CC[C@]2(C)C1=O. The van der Waals surface area contributed by atoms with Gasteiger partial charge >= 0.3 is 0 Å². The molecule has 6 atom stereocenters. The fraction of sp³-hybridized carbons (Fsp3) is 0.750. The first-order chi connectivity index (χ1) is 10.4. The predicted octanol–water partition coefficient (Wildman–Crippen LogP) is 4.05. The van der Waals surface area contributed by atoms with Crippen LogP contribution in [0.1, 0.15) is 58.8 Å². The number of aliphatic hydroxyl groups is 1. The van der Waals surface area contributed by atoms with Crippen LogP contribution in [0.15, 0.2) is 23.8 Å². The lowest BCUT2D eigenvalue weighted by Gasteiger charge is -2.56. The van der Waals surface area contributed by atoms with Gasteiger partial charge in [0.2, 0.25) is 0 Å². The number of hydrogen-bond acceptors (Lipinski definition) is 2. The lowest BCUT2D eigenvalue weighted by Crippen LogP contribution is -2.50. The Morgan fingerprint density at radius 2 is 1.86 bits per heavy atom. The molecule has 22 heavy (non-hydrogen) atoms. The summed E-state index contributed by atoms with van der Waals surface area (Å²) in [6.07, 6.45) is 9.40. The van der Waals surface area contributed by atoms with Crippen LogP contribution in [0.3, 0.4) is 0 Å². The van der Waals surface area contributed by atoms with Crippen LogP contribution in [-0.4, -0.2) is 17.0 Å². The molecule has 0 aliphatic heterocycles. The highest BCUT2D eigenvalue weighted by Crippen LogP contribution is 2.64. The number of rotatable bonds is 0. The monoisotopic (exact) mass is 300 g/mol. The molecular formula is C20H28O2. The number of allylic oxidation sites excluding steroid dienone is 2. The summed E-state index contributed by atoms with van der Waals surface area (Å²) < 4.78 is 0. The van der Waals surface area contributed by atoms with E-state index in [1.807, 2.05) is 0 Å². The van der Waals surface area contributed by atoms with Crippen molar-refractivity contribution >= 4 is 5.78 Å². The van der Waals surface area contributed by atoms with Crippen molar-refractivity contribution in [3.8, 4) is 0 Å². The van der Waals surface area contributed by atoms with Crippen molar-refractivity contribution in [1.29, 1.82) is 0 Å². The third-order valence-corrected chi connectivity index (χ3v) is 7.77. The van der Waals surface area contributed by atoms with E-state index in [4.69, 9.17) is 0 Å². The third kappa shape index (κ3) is 1.73.